The van der Waals surface area contributed by atoms with E-state index in [1.54, 1.807) is 37.3 Å². The smallest absolute Gasteiger partial charge is 0.307 e. The highest BCUT2D eigenvalue weighted by atomic mass is 16.5. The Morgan fingerprint density at radius 3 is 2.38 bits per heavy atom. The van der Waals surface area contributed by atoms with E-state index in [0.717, 1.165) is 10.1 Å². The molecule has 168 valence electrons. The third-order valence-corrected chi connectivity index (χ3v) is 5.09. The van der Waals surface area contributed by atoms with E-state index >= 15 is 0 Å². The Morgan fingerprint density at radius 1 is 1.03 bits per heavy atom. The van der Waals surface area contributed by atoms with Crippen LogP contribution in [0.4, 0.5) is 0 Å². The van der Waals surface area contributed by atoms with Crippen LogP contribution in [0.3, 0.4) is 0 Å². The molecule has 0 radical (unpaired) electrons. The molecule has 1 aromatic heterocycles. The molecule has 0 fully saturated rings. The molecule has 0 saturated carbocycles. The zero-order valence-corrected chi connectivity index (χ0v) is 18.4. The zero-order valence-electron chi connectivity index (χ0n) is 18.4. The van der Waals surface area contributed by atoms with Crippen LogP contribution < -0.4 is 20.3 Å². The van der Waals surface area contributed by atoms with Crippen LogP contribution >= 0.6 is 0 Å². The van der Waals surface area contributed by atoms with Gasteiger partial charge in [-0.15, -0.1) is 0 Å². The first-order valence-corrected chi connectivity index (χ1v) is 9.92. The summed E-state index contributed by atoms with van der Waals surface area (Å²) in [5, 5.41) is 8.28. The molecule has 9 heteroatoms. The van der Waals surface area contributed by atoms with E-state index in [1.165, 1.54) is 21.3 Å². The van der Waals surface area contributed by atoms with Gasteiger partial charge >= 0.3 is 5.97 Å². The zero-order chi connectivity index (χ0) is 23.3. The first-order valence-electron chi connectivity index (χ1n) is 9.92. The molecule has 0 aliphatic heterocycles. The van der Waals surface area contributed by atoms with E-state index in [2.05, 4.69) is 10.4 Å². The third kappa shape index (κ3) is 4.88. The normalized spacial score (nSPS) is 11.6. The number of aromatic nitrogens is 2. The standard InChI is InChI=1S/C23H25N3O6/c1-14-16-7-5-6-8-17(16)23(29)26(25-14)13-21(27)24-18(12-22(28)32-4)15-9-10-19(30-2)20(11-15)31-3/h5-11,18H,12-13H2,1-4H3,(H,24,27). The number of fused-ring (bicyclic) bond motifs is 1. The Hall–Kier alpha value is -3.88. The maximum Gasteiger partial charge on any atom is 0.307 e. The number of methoxy groups -OCH3 is 3. The highest BCUT2D eigenvalue weighted by Gasteiger charge is 2.21. The second-order valence-electron chi connectivity index (χ2n) is 7.11. The minimum absolute atomic E-state index is 0.100. The molecular weight excluding hydrogens is 414 g/mol. The van der Waals surface area contributed by atoms with Gasteiger partial charge < -0.3 is 19.5 Å². The number of esters is 1. The molecule has 32 heavy (non-hydrogen) atoms. The Bertz CT molecular complexity index is 1200. The van der Waals surface area contributed by atoms with Crippen molar-refractivity contribution in [3.63, 3.8) is 0 Å². The largest absolute Gasteiger partial charge is 0.493 e. The molecule has 9 nitrogen and oxygen atoms in total. The summed E-state index contributed by atoms with van der Waals surface area (Å²) in [6.45, 7) is 1.48. The van der Waals surface area contributed by atoms with Gasteiger partial charge in [0, 0.05) is 5.39 Å². The number of benzene rings is 2. The fraction of sp³-hybridized carbons (Fsp3) is 0.304. The van der Waals surface area contributed by atoms with Crippen molar-refractivity contribution in [2.24, 2.45) is 0 Å². The Morgan fingerprint density at radius 2 is 1.72 bits per heavy atom. The third-order valence-electron chi connectivity index (χ3n) is 5.09. The van der Waals surface area contributed by atoms with Gasteiger partial charge in [0.2, 0.25) is 5.91 Å². The maximum absolute atomic E-state index is 12.8. The molecule has 3 rings (SSSR count). The van der Waals surface area contributed by atoms with Crippen molar-refractivity contribution in [2.45, 2.75) is 25.9 Å². The molecule has 0 aliphatic rings. The average molecular weight is 439 g/mol. The van der Waals surface area contributed by atoms with Gasteiger partial charge in [-0.3, -0.25) is 14.4 Å². The number of carbonyl (C=O) groups excluding carboxylic acids is 2. The number of ether oxygens (including phenoxy) is 3. The van der Waals surface area contributed by atoms with Crippen molar-refractivity contribution in [3.8, 4) is 11.5 Å². The van der Waals surface area contributed by atoms with Gasteiger partial charge in [0.25, 0.3) is 5.56 Å². The molecule has 1 atom stereocenters. The number of rotatable bonds is 8. The quantitative estimate of drug-likeness (QED) is 0.536. The number of nitrogens with one attached hydrogen (secondary N) is 1. The van der Waals surface area contributed by atoms with E-state index in [-0.39, 0.29) is 18.5 Å². The minimum atomic E-state index is -0.702. The highest BCUT2D eigenvalue weighted by Crippen LogP contribution is 2.31. The lowest BCUT2D eigenvalue weighted by molar-refractivity contribution is -0.141. The Balaban J connectivity index is 1.88. The van der Waals surface area contributed by atoms with Gasteiger partial charge in [0.15, 0.2) is 11.5 Å². The van der Waals surface area contributed by atoms with Crippen molar-refractivity contribution in [1.29, 1.82) is 0 Å². The molecule has 0 spiro atoms. The van der Waals surface area contributed by atoms with Crippen LogP contribution in [0.25, 0.3) is 10.8 Å². The SMILES string of the molecule is COC(=O)CC(NC(=O)Cn1nc(C)c2ccccc2c1=O)c1ccc(OC)c(OC)c1. The number of carbonyl (C=O) groups is 2. The molecule has 0 saturated heterocycles. The number of nitrogens with zero attached hydrogens (tertiary/aromatic N) is 2. The molecule has 1 heterocycles. The summed E-state index contributed by atoms with van der Waals surface area (Å²) in [4.78, 5) is 37.6. The maximum atomic E-state index is 12.8. The van der Waals surface area contributed by atoms with E-state index in [1.807, 2.05) is 12.1 Å². The number of hydrogen-bond donors (Lipinski definition) is 1. The second kappa shape index (κ2) is 9.95. The number of hydrogen-bond acceptors (Lipinski definition) is 7. The molecule has 0 bridgehead atoms. The van der Waals surface area contributed by atoms with Crippen molar-refractivity contribution < 1.29 is 23.8 Å². The summed E-state index contributed by atoms with van der Waals surface area (Å²) in [6.07, 6.45) is -0.100. The van der Waals surface area contributed by atoms with Crippen LogP contribution in [0, 0.1) is 6.92 Å². The van der Waals surface area contributed by atoms with Crippen molar-refractivity contribution >= 4 is 22.6 Å². The predicted molar refractivity (Wildman–Crippen MR) is 118 cm³/mol. The van der Waals surface area contributed by atoms with Gasteiger partial charge in [0.05, 0.1) is 44.9 Å². The monoisotopic (exact) mass is 439 g/mol. The Labute approximate surface area is 184 Å². The predicted octanol–water partition coefficient (Wildman–Crippen LogP) is 2.14. The fourth-order valence-electron chi connectivity index (χ4n) is 3.46. The number of aryl methyl sites for hydroxylation is 1. The van der Waals surface area contributed by atoms with Gasteiger partial charge in [-0.2, -0.15) is 5.10 Å². The lowest BCUT2D eigenvalue weighted by atomic mass is 10.0. The minimum Gasteiger partial charge on any atom is -0.493 e. The molecule has 1 N–H and O–H groups in total. The Kier molecular flexibility index (Phi) is 7.09. The van der Waals surface area contributed by atoms with Gasteiger partial charge in [-0.25, -0.2) is 4.68 Å². The van der Waals surface area contributed by atoms with E-state index in [9.17, 15) is 14.4 Å². The van der Waals surface area contributed by atoms with Crippen molar-refractivity contribution in [2.75, 3.05) is 21.3 Å². The van der Waals surface area contributed by atoms with Gasteiger partial charge in [0.1, 0.15) is 6.54 Å². The lowest BCUT2D eigenvalue weighted by Gasteiger charge is -2.20. The molecular formula is C23H25N3O6. The highest BCUT2D eigenvalue weighted by molar-refractivity contribution is 5.84. The summed E-state index contributed by atoms with van der Waals surface area (Å²) in [7, 11) is 4.29. The summed E-state index contributed by atoms with van der Waals surface area (Å²) in [5.41, 5.74) is 0.896. The first-order chi connectivity index (χ1) is 15.4. The van der Waals surface area contributed by atoms with Crippen LogP contribution in [0.2, 0.25) is 0 Å². The van der Waals surface area contributed by atoms with Gasteiger partial charge in [-0.05, 0) is 30.7 Å². The summed E-state index contributed by atoms with van der Waals surface area (Å²) >= 11 is 0. The van der Waals surface area contributed by atoms with Gasteiger partial charge in [-0.1, -0.05) is 24.3 Å². The molecule has 2 aromatic carbocycles. The van der Waals surface area contributed by atoms with E-state index in [0.29, 0.717) is 28.1 Å². The van der Waals surface area contributed by atoms with Crippen LogP contribution in [0.15, 0.2) is 47.3 Å². The summed E-state index contributed by atoms with van der Waals surface area (Å²) < 4.78 is 16.5. The fourth-order valence-corrected chi connectivity index (χ4v) is 3.46. The molecule has 1 unspecified atom stereocenters. The molecule has 3 aromatic rings. The first kappa shape index (κ1) is 22.8. The van der Waals surface area contributed by atoms with Crippen molar-refractivity contribution in [3.05, 3.63) is 64.1 Å². The summed E-state index contributed by atoms with van der Waals surface area (Å²) in [6, 6.07) is 11.5. The van der Waals surface area contributed by atoms with Crippen LogP contribution in [-0.2, 0) is 20.9 Å². The van der Waals surface area contributed by atoms with Crippen molar-refractivity contribution in [1.82, 2.24) is 15.1 Å². The lowest BCUT2D eigenvalue weighted by Crippen LogP contribution is -2.37. The van der Waals surface area contributed by atoms with Crippen LogP contribution in [0.5, 0.6) is 11.5 Å². The van der Waals surface area contributed by atoms with Crippen LogP contribution in [-0.4, -0.2) is 43.0 Å². The van der Waals surface area contributed by atoms with E-state index in [4.69, 9.17) is 14.2 Å². The van der Waals surface area contributed by atoms with E-state index < -0.39 is 17.9 Å². The average Bonchev–Trinajstić information content (AvgIpc) is 2.81. The number of amides is 1. The molecule has 1 amide bonds. The van der Waals surface area contributed by atoms with Crippen LogP contribution in [0.1, 0.15) is 23.7 Å². The second-order valence-corrected chi connectivity index (χ2v) is 7.11. The topological polar surface area (TPSA) is 109 Å². The summed E-state index contributed by atoms with van der Waals surface area (Å²) in [5.74, 6) is -0.00108. The molecule has 0 aliphatic carbocycles.